The van der Waals surface area contributed by atoms with Crippen LogP contribution >= 0.6 is 11.6 Å². The Balaban J connectivity index is 2.24. The number of methoxy groups -OCH3 is 1. The number of halogens is 2. The van der Waals surface area contributed by atoms with Crippen LogP contribution in [0.3, 0.4) is 0 Å². The van der Waals surface area contributed by atoms with Crippen LogP contribution in [0.15, 0.2) is 59.6 Å². The Kier molecular flexibility index (Phi) is 4.95. The number of nitrogens with zero attached hydrogens (tertiary/aromatic N) is 1. The van der Waals surface area contributed by atoms with Crippen LogP contribution in [0.25, 0.3) is 22.4 Å². The topological polar surface area (TPSA) is 82.3 Å². The van der Waals surface area contributed by atoms with Crippen molar-refractivity contribution in [3.05, 3.63) is 65.6 Å². The fourth-order valence-electron chi connectivity index (χ4n) is 2.54. The Bertz CT molecular complexity index is 1090. The fraction of sp³-hybridized carbons (Fsp3) is 0.0556. The van der Waals surface area contributed by atoms with Crippen molar-refractivity contribution in [2.45, 2.75) is 4.90 Å². The van der Waals surface area contributed by atoms with E-state index in [1.165, 1.54) is 19.4 Å². The summed E-state index contributed by atoms with van der Waals surface area (Å²) in [7, 11) is -2.49. The number of sulfonamides is 1. The molecular weight excluding hydrogens is 379 g/mol. The molecular formula is C18H14ClFN2O3S. The van der Waals surface area contributed by atoms with Gasteiger partial charge < -0.3 is 4.74 Å². The zero-order chi connectivity index (χ0) is 18.9. The van der Waals surface area contributed by atoms with Gasteiger partial charge in [-0.15, -0.1) is 0 Å². The van der Waals surface area contributed by atoms with E-state index < -0.39 is 15.8 Å². The molecule has 2 aromatic carbocycles. The number of aromatic nitrogens is 1. The highest BCUT2D eigenvalue weighted by Gasteiger charge is 2.17. The number of nitrogens with two attached hydrogens (primary N) is 1. The first-order valence-electron chi connectivity index (χ1n) is 7.43. The molecule has 0 amide bonds. The first-order chi connectivity index (χ1) is 12.3. The SMILES string of the molecule is COc1cc(-c2cccnc2-c2cc(S(N)(=O)=O)ccc2F)ccc1Cl. The highest BCUT2D eigenvalue weighted by molar-refractivity contribution is 7.89. The molecule has 0 aliphatic carbocycles. The molecule has 0 saturated heterocycles. The van der Waals surface area contributed by atoms with Gasteiger partial charge in [0.2, 0.25) is 10.0 Å². The standard InChI is InChI=1S/C18H14ClFN2O3S/c1-25-17-9-11(4-6-15(17)19)13-3-2-8-22-18(13)14-10-12(26(21,23)24)5-7-16(14)20/h2-10H,1H3,(H2,21,23,24). The third-order valence-electron chi connectivity index (χ3n) is 3.79. The summed E-state index contributed by atoms with van der Waals surface area (Å²) < 4.78 is 42.9. The van der Waals surface area contributed by atoms with Gasteiger partial charge in [-0.1, -0.05) is 23.7 Å². The van der Waals surface area contributed by atoms with Crippen molar-refractivity contribution in [2.75, 3.05) is 7.11 Å². The maximum absolute atomic E-state index is 14.4. The molecule has 0 spiro atoms. The minimum absolute atomic E-state index is 0.0287. The van der Waals surface area contributed by atoms with E-state index in [4.69, 9.17) is 21.5 Å². The van der Waals surface area contributed by atoms with Gasteiger partial charge in [0, 0.05) is 17.3 Å². The van der Waals surface area contributed by atoms with Crippen molar-refractivity contribution >= 4 is 21.6 Å². The summed E-state index contributed by atoms with van der Waals surface area (Å²) in [4.78, 5) is 4.04. The van der Waals surface area contributed by atoms with E-state index in [-0.39, 0.29) is 16.2 Å². The van der Waals surface area contributed by atoms with Gasteiger partial charge in [0.25, 0.3) is 0 Å². The zero-order valence-corrected chi connectivity index (χ0v) is 15.2. The van der Waals surface area contributed by atoms with E-state index in [0.717, 1.165) is 12.1 Å². The Hall–Kier alpha value is -2.48. The summed E-state index contributed by atoms with van der Waals surface area (Å²) in [6.07, 6.45) is 1.50. The number of rotatable bonds is 4. The maximum Gasteiger partial charge on any atom is 0.238 e. The van der Waals surface area contributed by atoms with E-state index in [1.807, 2.05) is 0 Å². The van der Waals surface area contributed by atoms with Crippen molar-refractivity contribution in [1.82, 2.24) is 4.98 Å². The third-order valence-corrected chi connectivity index (χ3v) is 5.01. The van der Waals surface area contributed by atoms with E-state index in [2.05, 4.69) is 4.98 Å². The second-order valence-electron chi connectivity index (χ2n) is 5.44. The molecule has 0 atom stereocenters. The quantitative estimate of drug-likeness (QED) is 0.730. The van der Waals surface area contributed by atoms with E-state index >= 15 is 0 Å². The monoisotopic (exact) mass is 392 g/mol. The summed E-state index contributed by atoms with van der Waals surface area (Å²) in [6, 6.07) is 11.9. The molecule has 0 saturated carbocycles. The minimum Gasteiger partial charge on any atom is -0.495 e. The normalized spacial score (nSPS) is 11.4. The third kappa shape index (κ3) is 3.55. The van der Waals surface area contributed by atoms with Crippen molar-refractivity contribution in [3.63, 3.8) is 0 Å². The number of hydrogen-bond donors (Lipinski definition) is 1. The van der Waals surface area contributed by atoms with Gasteiger partial charge in [-0.2, -0.15) is 0 Å². The average molecular weight is 393 g/mol. The molecule has 26 heavy (non-hydrogen) atoms. The molecule has 0 aliphatic heterocycles. The Morgan fingerprint density at radius 2 is 1.88 bits per heavy atom. The van der Waals surface area contributed by atoms with E-state index in [0.29, 0.717) is 21.9 Å². The lowest BCUT2D eigenvalue weighted by atomic mass is 9.99. The molecule has 0 aliphatic rings. The lowest BCUT2D eigenvalue weighted by Crippen LogP contribution is -2.12. The molecule has 134 valence electrons. The molecule has 3 rings (SSSR count). The average Bonchev–Trinajstić information content (AvgIpc) is 2.61. The number of primary sulfonamides is 1. The van der Waals surface area contributed by atoms with Gasteiger partial charge in [-0.25, -0.2) is 17.9 Å². The van der Waals surface area contributed by atoms with Crippen LogP contribution in [0, 0.1) is 5.82 Å². The molecule has 0 radical (unpaired) electrons. The van der Waals surface area contributed by atoms with Gasteiger partial charge >= 0.3 is 0 Å². The Labute approximate surface area is 155 Å². The van der Waals surface area contributed by atoms with Crippen LogP contribution in [0.2, 0.25) is 5.02 Å². The van der Waals surface area contributed by atoms with Crippen LogP contribution in [-0.4, -0.2) is 20.5 Å². The minimum atomic E-state index is -3.98. The lowest BCUT2D eigenvalue weighted by Gasteiger charge is -2.12. The first-order valence-corrected chi connectivity index (χ1v) is 9.35. The highest BCUT2D eigenvalue weighted by atomic mass is 35.5. The van der Waals surface area contributed by atoms with Gasteiger partial charge in [-0.05, 0) is 42.0 Å². The van der Waals surface area contributed by atoms with Crippen LogP contribution in [0.4, 0.5) is 4.39 Å². The molecule has 5 nitrogen and oxygen atoms in total. The first kappa shape index (κ1) is 18.3. The number of hydrogen-bond acceptors (Lipinski definition) is 4. The summed E-state index contributed by atoms with van der Waals surface area (Å²) in [5, 5.41) is 5.59. The van der Waals surface area contributed by atoms with Gasteiger partial charge in [0.1, 0.15) is 11.6 Å². The molecule has 0 unspecified atom stereocenters. The largest absolute Gasteiger partial charge is 0.495 e. The van der Waals surface area contributed by atoms with Crippen molar-refractivity contribution in [2.24, 2.45) is 5.14 Å². The van der Waals surface area contributed by atoms with Gasteiger partial charge in [0.05, 0.1) is 22.7 Å². The lowest BCUT2D eigenvalue weighted by molar-refractivity contribution is 0.415. The molecule has 3 aromatic rings. The molecule has 0 bridgehead atoms. The Morgan fingerprint density at radius 1 is 1.12 bits per heavy atom. The molecule has 0 fully saturated rings. The van der Waals surface area contributed by atoms with E-state index in [1.54, 1.807) is 30.3 Å². The second-order valence-corrected chi connectivity index (χ2v) is 7.40. The van der Waals surface area contributed by atoms with Crippen molar-refractivity contribution in [3.8, 4) is 28.1 Å². The van der Waals surface area contributed by atoms with Crippen molar-refractivity contribution in [1.29, 1.82) is 0 Å². The summed E-state index contributed by atoms with van der Waals surface area (Å²) >= 11 is 6.06. The molecule has 1 aromatic heterocycles. The van der Waals surface area contributed by atoms with Crippen LogP contribution < -0.4 is 9.88 Å². The fourth-order valence-corrected chi connectivity index (χ4v) is 3.28. The highest BCUT2D eigenvalue weighted by Crippen LogP contribution is 2.36. The maximum atomic E-state index is 14.4. The van der Waals surface area contributed by atoms with Crippen LogP contribution in [-0.2, 0) is 10.0 Å². The predicted molar refractivity (Wildman–Crippen MR) is 98.0 cm³/mol. The summed E-state index contributed by atoms with van der Waals surface area (Å²) in [5.74, 6) is -0.156. The second kappa shape index (κ2) is 7.03. The number of ether oxygens (including phenoxy) is 1. The van der Waals surface area contributed by atoms with E-state index in [9.17, 15) is 12.8 Å². The molecule has 2 N–H and O–H groups in total. The smallest absolute Gasteiger partial charge is 0.238 e. The number of benzene rings is 2. The Morgan fingerprint density at radius 3 is 2.58 bits per heavy atom. The van der Waals surface area contributed by atoms with Crippen LogP contribution in [0.5, 0.6) is 5.75 Å². The van der Waals surface area contributed by atoms with Gasteiger partial charge in [0.15, 0.2) is 0 Å². The van der Waals surface area contributed by atoms with Crippen LogP contribution in [0.1, 0.15) is 0 Å². The predicted octanol–water partition coefficient (Wildman–Crippen LogP) is 3.86. The summed E-state index contributed by atoms with van der Waals surface area (Å²) in [6.45, 7) is 0. The molecule has 1 heterocycles. The number of pyridine rings is 1. The zero-order valence-electron chi connectivity index (χ0n) is 13.6. The molecule has 8 heteroatoms. The van der Waals surface area contributed by atoms with Crippen molar-refractivity contribution < 1.29 is 17.5 Å². The van der Waals surface area contributed by atoms with Gasteiger partial charge in [-0.3, -0.25) is 4.98 Å². The summed E-state index contributed by atoms with van der Waals surface area (Å²) in [5.41, 5.74) is 1.59.